The summed E-state index contributed by atoms with van der Waals surface area (Å²) in [6, 6.07) is 38.9. The Morgan fingerprint density at radius 2 is 1.03 bits per heavy atom. The Labute approximate surface area is 215 Å². The fourth-order valence-corrected chi connectivity index (χ4v) is 10.0. The van der Waals surface area contributed by atoms with Gasteiger partial charge in [-0.3, -0.25) is 0 Å². The molecule has 176 valence electrons. The Morgan fingerprint density at radius 3 is 1.51 bits per heavy atom. The van der Waals surface area contributed by atoms with Crippen molar-refractivity contribution >= 4 is 53.0 Å². The zero-order valence-corrected chi connectivity index (χ0v) is 22.4. The van der Waals surface area contributed by atoms with Gasteiger partial charge in [-0.05, 0) is 66.0 Å². The number of rotatable bonds is 5. The van der Waals surface area contributed by atoms with Crippen molar-refractivity contribution in [1.29, 1.82) is 0 Å². The summed E-state index contributed by atoms with van der Waals surface area (Å²) in [4.78, 5) is 0. The van der Waals surface area contributed by atoms with E-state index in [1.165, 1.54) is 20.7 Å². The summed E-state index contributed by atoms with van der Waals surface area (Å²) in [5, 5.41) is 5.93. The Kier molecular flexibility index (Phi) is 6.27. The van der Waals surface area contributed by atoms with Crippen LogP contribution < -0.4 is 26.2 Å². The lowest BCUT2D eigenvalue weighted by atomic mass is 9.79. The zero-order valence-electron chi connectivity index (χ0n) is 20.7. The van der Waals surface area contributed by atoms with Crippen LogP contribution in [0.5, 0.6) is 0 Å². The molecule has 5 rings (SSSR count). The molecule has 4 aromatic rings. The van der Waals surface area contributed by atoms with E-state index < -0.39 is 8.07 Å². The van der Waals surface area contributed by atoms with Gasteiger partial charge in [0.2, 0.25) is 0 Å². The third kappa shape index (κ3) is 4.19. The molecule has 0 bridgehead atoms. The first-order valence-corrected chi connectivity index (χ1v) is 14.4. The quantitative estimate of drug-likeness (QED) is 0.307. The van der Waals surface area contributed by atoms with Crippen molar-refractivity contribution < 1.29 is 9.31 Å². The highest BCUT2D eigenvalue weighted by atomic mass is 35.5. The maximum Gasteiger partial charge on any atom is 0.494 e. The molecule has 0 unspecified atom stereocenters. The molecule has 0 aliphatic carbocycles. The Hall–Kier alpha value is -2.63. The van der Waals surface area contributed by atoms with E-state index in [1.807, 2.05) is 6.07 Å². The summed E-state index contributed by atoms with van der Waals surface area (Å²) in [5.41, 5.74) is 0.287. The first-order valence-electron chi connectivity index (χ1n) is 12.1. The standard InChI is InChI=1S/C30H30BClO2Si/c1-29(2)30(3,4)34-31(33-29)23-18-20-27(21-19-23)35(25-13-7-5-8-14-25,26-15-9-6-10-16-26)28-17-11-12-24(32)22-28/h5-22H,1-4H3. The van der Waals surface area contributed by atoms with Crippen LogP contribution in [0, 0.1) is 0 Å². The van der Waals surface area contributed by atoms with Gasteiger partial charge in [0, 0.05) is 5.02 Å². The van der Waals surface area contributed by atoms with Crippen LogP contribution in [0.25, 0.3) is 0 Å². The Morgan fingerprint density at radius 1 is 0.571 bits per heavy atom. The second-order valence-electron chi connectivity index (χ2n) is 10.2. The minimum absolute atomic E-state index is 0.371. The largest absolute Gasteiger partial charge is 0.494 e. The number of halogens is 1. The van der Waals surface area contributed by atoms with Crippen LogP contribution in [0.15, 0.2) is 109 Å². The lowest BCUT2D eigenvalue weighted by Crippen LogP contribution is -2.74. The van der Waals surface area contributed by atoms with Crippen LogP contribution >= 0.6 is 11.6 Å². The highest BCUT2D eigenvalue weighted by Crippen LogP contribution is 2.36. The number of hydrogen-bond donors (Lipinski definition) is 0. The van der Waals surface area contributed by atoms with Crippen molar-refractivity contribution in [2.24, 2.45) is 0 Å². The molecule has 0 aromatic heterocycles. The molecule has 0 saturated carbocycles. The number of hydrogen-bond acceptors (Lipinski definition) is 2. The molecule has 1 fully saturated rings. The van der Waals surface area contributed by atoms with Crippen molar-refractivity contribution in [1.82, 2.24) is 0 Å². The summed E-state index contributed by atoms with van der Waals surface area (Å²) in [7, 11) is -3.00. The molecule has 0 spiro atoms. The van der Waals surface area contributed by atoms with Gasteiger partial charge in [0.05, 0.1) is 11.2 Å². The fourth-order valence-electron chi connectivity index (χ4n) is 4.97. The fraction of sp³-hybridized carbons (Fsp3) is 0.200. The second-order valence-corrected chi connectivity index (χ2v) is 14.4. The summed E-state index contributed by atoms with van der Waals surface area (Å²) in [5.74, 6) is 0. The predicted molar refractivity (Wildman–Crippen MR) is 151 cm³/mol. The van der Waals surface area contributed by atoms with Crippen LogP contribution in [0.2, 0.25) is 5.02 Å². The first kappa shape index (κ1) is 24.1. The highest BCUT2D eigenvalue weighted by molar-refractivity contribution is 7.20. The molecule has 1 saturated heterocycles. The SMILES string of the molecule is CC1(C)OB(c2ccc([Si](c3ccccc3)(c3ccccc3)c3cccc(Cl)c3)cc2)OC1(C)C. The first-order chi connectivity index (χ1) is 16.7. The number of benzene rings is 4. The molecular formula is C30H30BClO2Si. The van der Waals surface area contributed by atoms with Crippen LogP contribution in [0.1, 0.15) is 27.7 Å². The summed E-state index contributed by atoms with van der Waals surface area (Å²) in [6.07, 6.45) is 0. The van der Waals surface area contributed by atoms with Gasteiger partial charge < -0.3 is 9.31 Å². The maximum absolute atomic E-state index is 6.57. The molecule has 35 heavy (non-hydrogen) atoms. The lowest BCUT2D eigenvalue weighted by molar-refractivity contribution is 0.00578. The topological polar surface area (TPSA) is 18.5 Å². The maximum atomic E-state index is 6.57. The molecule has 0 N–H and O–H groups in total. The molecule has 5 heteroatoms. The van der Waals surface area contributed by atoms with Gasteiger partial charge in [-0.2, -0.15) is 0 Å². The van der Waals surface area contributed by atoms with Crippen molar-refractivity contribution in [2.45, 2.75) is 38.9 Å². The molecule has 2 nitrogen and oxygen atoms in total. The van der Waals surface area contributed by atoms with Gasteiger partial charge in [-0.15, -0.1) is 0 Å². The van der Waals surface area contributed by atoms with Gasteiger partial charge in [0.15, 0.2) is 8.07 Å². The molecule has 1 heterocycles. The smallest absolute Gasteiger partial charge is 0.399 e. The van der Waals surface area contributed by atoms with Crippen molar-refractivity contribution in [3.8, 4) is 0 Å². The minimum Gasteiger partial charge on any atom is -0.399 e. The van der Waals surface area contributed by atoms with E-state index in [0.717, 1.165) is 10.5 Å². The molecule has 0 amide bonds. The van der Waals surface area contributed by atoms with Crippen molar-refractivity contribution in [3.63, 3.8) is 0 Å². The van der Waals surface area contributed by atoms with Crippen molar-refractivity contribution in [3.05, 3.63) is 114 Å². The molecule has 1 aliphatic rings. The van der Waals surface area contributed by atoms with E-state index in [1.54, 1.807) is 0 Å². The molecule has 0 atom stereocenters. The van der Waals surface area contributed by atoms with Crippen LogP contribution in [-0.2, 0) is 9.31 Å². The van der Waals surface area contributed by atoms with Crippen LogP contribution in [0.4, 0.5) is 0 Å². The molecule has 1 aliphatic heterocycles. The lowest BCUT2D eigenvalue weighted by Gasteiger charge is -2.34. The van der Waals surface area contributed by atoms with Crippen LogP contribution in [0.3, 0.4) is 0 Å². The third-order valence-electron chi connectivity index (χ3n) is 7.54. The van der Waals surface area contributed by atoms with E-state index in [2.05, 4.69) is 131 Å². The summed E-state index contributed by atoms with van der Waals surface area (Å²) < 4.78 is 12.6. The minimum atomic E-state index is -2.62. The van der Waals surface area contributed by atoms with E-state index in [4.69, 9.17) is 20.9 Å². The average molecular weight is 497 g/mol. The highest BCUT2D eigenvalue weighted by Gasteiger charge is 2.52. The Balaban J connectivity index is 1.70. The van der Waals surface area contributed by atoms with Gasteiger partial charge in [-0.1, -0.05) is 109 Å². The second kappa shape index (κ2) is 9.11. The van der Waals surface area contributed by atoms with Gasteiger partial charge >= 0.3 is 7.12 Å². The van der Waals surface area contributed by atoms with Gasteiger partial charge in [0.1, 0.15) is 0 Å². The van der Waals surface area contributed by atoms with E-state index in [-0.39, 0.29) is 18.3 Å². The Bertz CT molecular complexity index is 1250. The normalized spacial score (nSPS) is 16.9. The van der Waals surface area contributed by atoms with E-state index in [0.29, 0.717) is 0 Å². The van der Waals surface area contributed by atoms with Crippen molar-refractivity contribution in [2.75, 3.05) is 0 Å². The summed E-state index contributed by atoms with van der Waals surface area (Å²) in [6.45, 7) is 8.35. The van der Waals surface area contributed by atoms with Crippen LogP contribution in [-0.4, -0.2) is 26.4 Å². The monoisotopic (exact) mass is 496 g/mol. The average Bonchev–Trinajstić information content (AvgIpc) is 3.08. The van der Waals surface area contributed by atoms with E-state index in [9.17, 15) is 0 Å². The molecule has 0 radical (unpaired) electrons. The summed E-state index contributed by atoms with van der Waals surface area (Å²) >= 11 is 6.57. The molecular weight excluding hydrogens is 467 g/mol. The molecule has 4 aromatic carbocycles. The van der Waals surface area contributed by atoms with Gasteiger partial charge in [-0.25, -0.2) is 0 Å². The van der Waals surface area contributed by atoms with Gasteiger partial charge in [0.25, 0.3) is 0 Å². The zero-order chi connectivity index (χ0) is 24.7. The van der Waals surface area contributed by atoms with E-state index >= 15 is 0 Å². The third-order valence-corrected chi connectivity index (χ3v) is 12.6. The predicted octanol–water partition coefficient (Wildman–Crippen LogP) is 4.02.